The molecule has 2 aromatic rings. The van der Waals surface area contributed by atoms with Gasteiger partial charge in [-0.2, -0.15) is 0 Å². The molecule has 5 heteroatoms. The molecule has 0 aliphatic carbocycles. The van der Waals surface area contributed by atoms with Gasteiger partial charge in [0.05, 0.1) is 25.9 Å². The zero-order chi connectivity index (χ0) is 21.5. The Labute approximate surface area is 177 Å². The number of anilines is 2. The molecular weight excluding hydrogens is 374 g/mol. The maximum atomic E-state index is 9.12. The molecule has 1 aliphatic heterocycles. The smallest absolute Gasteiger partial charge is 0.265 e. The van der Waals surface area contributed by atoms with Gasteiger partial charge in [-0.05, 0) is 66.6 Å². The van der Waals surface area contributed by atoms with Crippen LogP contribution in [0.15, 0.2) is 77.7 Å². The first-order valence-electron chi connectivity index (χ1n) is 9.59. The lowest BCUT2D eigenvalue weighted by molar-refractivity contribution is 0.133. The van der Waals surface area contributed by atoms with E-state index in [2.05, 4.69) is 21.9 Å². The van der Waals surface area contributed by atoms with Crippen molar-refractivity contribution in [2.24, 2.45) is 0 Å². The van der Waals surface area contributed by atoms with Crippen LogP contribution >= 0.6 is 0 Å². The average molecular weight is 397 g/mol. The summed E-state index contributed by atoms with van der Waals surface area (Å²) in [5, 5.41) is 9.12. The minimum atomic E-state index is -0.0738. The number of rotatable bonds is 5. The molecule has 0 fully saturated rings. The van der Waals surface area contributed by atoms with Gasteiger partial charge in [-0.15, -0.1) is 0 Å². The predicted octanol–water partition coefficient (Wildman–Crippen LogP) is 5.87. The van der Waals surface area contributed by atoms with Crippen molar-refractivity contribution in [3.63, 3.8) is 0 Å². The zero-order valence-corrected chi connectivity index (χ0v) is 17.3. The number of hydrogen-bond acceptors (Lipinski definition) is 4. The summed E-state index contributed by atoms with van der Waals surface area (Å²) in [5.74, 6) is 1.48. The number of ether oxygens (including phenoxy) is 2. The Hall–Kier alpha value is -3.96. The molecule has 0 N–H and O–H groups in total. The molecule has 0 radical (unpaired) electrons. The molecular formula is C25H23N3O2. The molecule has 0 saturated carbocycles. The summed E-state index contributed by atoms with van der Waals surface area (Å²) < 4.78 is 11.0. The van der Waals surface area contributed by atoms with Crippen molar-refractivity contribution in [2.45, 2.75) is 19.4 Å². The lowest BCUT2D eigenvalue weighted by atomic mass is 10.0. The van der Waals surface area contributed by atoms with Crippen molar-refractivity contribution in [3.05, 3.63) is 94.7 Å². The van der Waals surface area contributed by atoms with Crippen LogP contribution in [0.4, 0.5) is 11.4 Å². The number of methoxy groups -OCH3 is 1. The van der Waals surface area contributed by atoms with Crippen LogP contribution < -0.4 is 9.64 Å². The number of allylic oxidation sites excluding steroid dienone is 3. The van der Waals surface area contributed by atoms with Gasteiger partial charge in [-0.3, -0.25) is 0 Å². The van der Waals surface area contributed by atoms with Gasteiger partial charge in [0.1, 0.15) is 11.5 Å². The highest BCUT2D eigenvalue weighted by Gasteiger charge is 2.17. The highest BCUT2D eigenvalue weighted by molar-refractivity contribution is 5.65. The Balaban J connectivity index is 1.75. The van der Waals surface area contributed by atoms with Gasteiger partial charge >= 0.3 is 0 Å². The summed E-state index contributed by atoms with van der Waals surface area (Å²) in [7, 11) is 3.68. The van der Waals surface area contributed by atoms with E-state index in [4.69, 9.17) is 21.3 Å². The molecule has 0 saturated heterocycles. The first-order chi connectivity index (χ1) is 14.5. The Kier molecular flexibility index (Phi) is 6.57. The van der Waals surface area contributed by atoms with E-state index in [0.717, 1.165) is 28.3 Å². The van der Waals surface area contributed by atoms with E-state index >= 15 is 0 Å². The molecule has 1 heterocycles. The first kappa shape index (κ1) is 20.8. The largest absolute Gasteiger partial charge is 0.497 e. The fourth-order valence-corrected chi connectivity index (χ4v) is 3.21. The fourth-order valence-electron chi connectivity index (χ4n) is 3.21. The lowest BCUT2D eigenvalue weighted by Crippen LogP contribution is -2.13. The van der Waals surface area contributed by atoms with Gasteiger partial charge < -0.3 is 14.4 Å². The van der Waals surface area contributed by atoms with Crippen LogP contribution in [0, 0.1) is 17.9 Å². The van der Waals surface area contributed by atoms with E-state index in [9.17, 15) is 0 Å². The first-order valence-corrected chi connectivity index (χ1v) is 9.59. The summed E-state index contributed by atoms with van der Waals surface area (Å²) in [5.41, 5.74) is 4.02. The number of nitriles is 1. The van der Waals surface area contributed by atoms with Gasteiger partial charge in [0.25, 0.3) is 5.70 Å². The second-order valence-electron chi connectivity index (χ2n) is 6.96. The lowest BCUT2D eigenvalue weighted by Gasteiger charge is -2.22. The van der Waals surface area contributed by atoms with Gasteiger partial charge in [0.15, 0.2) is 0 Å². The summed E-state index contributed by atoms with van der Waals surface area (Å²) >= 11 is 0. The van der Waals surface area contributed by atoms with E-state index in [1.807, 2.05) is 68.6 Å². The fraction of sp³-hybridized carbons (Fsp3) is 0.200. The molecule has 1 atom stereocenters. The monoisotopic (exact) mass is 397 g/mol. The summed E-state index contributed by atoms with van der Waals surface area (Å²) in [6.45, 7) is 9.08. The van der Waals surface area contributed by atoms with Crippen LogP contribution in [0.25, 0.3) is 10.9 Å². The third-order valence-electron chi connectivity index (χ3n) is 4.86. The molecule has 1 unspecified atom stereocenters. The minimum Gasteiger partial charge on any atom is -0.497 e. The average Bonchev–Trinajstić information content (AvgIpc) is 2.78. The van der Waals surface area contributed by atoms with E-state index in [1.165, 1.54) is 0 Å². The topological polar surface area (TPSA) is 49.9 Å². The summed E-state index contributed by atoms with van der Waals surface area (Å²) in [4.78, 5) is 5.41. The molecule has 3 rings (SSSR count). The van der Waals surface area contributed by atoms with Crippen molar-refractivity contribution in [3.8, 4) is 11.8 Å². The second kappa shape index (κ2) is 9.49. The van der Waals surface area contributed by atoms with E-state index < -0.39 is 0 Å². The predicted molar refractivity (Wildman–Crippen MR) is 119 cm³/mol. The summed E-state index contributed by atoms with van der Waals surface area (Å²) in [6, 6.07) is 18.1. The highest BCUT2D eigenvalue weighted by Crippen LogP contribution is 2.27. The Morgan fingerprint density at radius 2 is 1.80 bits per heavy atom. The van der Waals surface area contributed by atoms with Crippen LogP contribution in [-0.4, -0.2) is 20.3 Å². The summed E-state index contributed by atoms with van der Waals surface area (Å²) in [6.07, 6.45) is 6.10. The molecule has 30 heavy (non-hydrogen) atoms. The van der Waals surface area contributed by atoms with Crippen molar-refractivity contribution >= 4 is 17.5 Å². The molecule has 2 aromatic carbocycles. The SMILES string of the molecule is [C-]#[N+]C(C#N)=C1C=C(C=Cc2ccc(N(C)c3ccc(OC)cc3)cc2)OC(C)C1. The normalized spacial score (nSPS) is 17.4. The van der Waals surface area contributed by atoms with Crippen molar-refractivity contribution < 1.29 is 9.47 Å². The van der Waals surface area contributed by atoms with Crippen molar-refractivity contribution in [1.82, 2.24) is 0 Å². The molecule has 150 valence electrons. The van der Waals surface area contributed by atoms with Crippen LogP contribution in [-0.2, 0) is 4.74 Å². The van der Waals surface area contributed by atoms with Gasteiger partial charge in [-0.25, -0.2) is 10.1 Å². The van der Waals surface area contributed by atoms with Crippen molar-refractivity contribution in [1.29, 1.82) is 5.26 Å². The van der Waals surface area contributed by atoms with Crippen LogP contribution in [0.2, 0.25) is 0 Å². The highest BCUT2D eigenvalue weighted by atomic mass is 16.5. The van der Waals surface area contributed by atoms with E-state index in [-0.39, 0.29) is 11.8 Å². The van der Waals surface area contributed by atoms with Crippen LogP contribution in [0.1, 0.15) is 18.9 Å². The molecule has 1 aliphatic rings. The third kappa shape index (κ3) is 4.90. The molecule has 0 spiro atoms. The van der Waals surface area contributed by atoms with E-state index in [0.29, 0.717) is 12.2 Å². The number of hydrogen-bond donors (Lipinski definition) is 0. The third-order valence-corrected chi connectivity index (χ3v) is 4.86. The minimum absolute atomic E-state index is 0.0738. The quantitative estimate of drug-likeness (QED) is 0.468. The van der Waals surface area contributed by atoms with E-state index in [1.54, 1.807) is 13.2 Å². The van der Waals surface area contributed by atoms with Gasteiger partial charge in [-0.1, -0.05) is 18.2 Å². The molecule has 5 nitrogen and oxygen atoms in total. The van der Waals surface area contributed by atoms with Crippen LogP contribution in [0.3, 0.4) is 0 Å². The molecule has 0 aromatic heterocycles. The standard InChI is InChI=1S/C25H23N3O2/c1-18-15-20(25(17-26)27-2)16-24(30-18)12-7-19-5-8-21(9-6-19)28(3)22-10-13-23(29-4)14-11-22/h5-14,16,18H,15H2,1,3-4H3. The van der Waals surface area contributed by atoms with Gasteiger partial charge in [0.2, 0.25) is 0 Å². The Bertz CT molecular complexity index is 1050. The van der Waals surface area contributed by atoms with Crippen LogP contribution in [0.5, 0.6) is 5.75 Å². The second-order valence-corrected chi connectivity index (χ2v) is 6.96. The number of benzene rings is 2. The maximum Gasteiger partial charge on any atom is 0.265 e. The van der Waals surface area contributed by atoms with Crippen molar-refractivity contribution in [2.75, 3.05) is 19.1 Å². The molecule has 0 bridgehead atoms. The zero-order valence-electron chi connectivity index (χ0n) is 17.3. The maximum absolute atomic E-state index is 9.12. The Morgan fingerprint density at radius 3 is 2.37 bits per heavy atom. The Morgan fingerprint density at radius 1 is 1.17 bits per heavy atom. The molecule has 0 amide bonds. The van der Waals surface area contributed by atoms with Gasteiger partial charge in [0, 0.05) is 24.8 Å². The number of nitrogens with zero attached hydrogens (tertiary/aromatic N) is 3.